The molecular weight excluding hydrogens is 282 g/mol. The lowest BCUT2D eigenvalue weighted by molar-refractivity contribution is 0.415. The molecule has 104 valence electrons. The molecule has 0 atom stereocenters. The van der Waals surface area contributed by atoms with Crippen molar-refractivity contribution in [3.8, 4) is 16.3 Å². The van der Waals surface area contributed by atoms with Gasteiger partial charge in [0.15, 0.2) is 0 Å². The van der Waals surface area contributed by atoms with Crippen LogP contribution in [0.5, 0.6) is 5.75 Å². The summed E-state index contributed by atoms with van der Waals surface area (Å²) in [6, 6.07) is 9.75. The lowest BCUT2D eigenvalue weighted by Gasteiger charge is -2.00. The minimum absolute atomic E-state index is 0.834. The quantitative estimate of drug-likeness (QED) is 0.735. The number of hydrogen-bond donors (Lipinski definition) is 0. The van der Waals surface area contributed by atoms with E-state index in [1.165, 1.54) is 6.33 Å². The summed E-state index contributed by atoms with van der Waals surface area (Å²) in [5.41, 5.74) is 2.83. The largest absolute Gasteiger partial charge is 0.497 e. The van der Waals surface area contributed by atoms with Crippen LogP contribution in [0.4, 0.5) is 0 Å². The molecule has 2 heterocycles. The lowest BCUT2D eigenvalue weighted by Crippen LogP contribution is -1.83. The molecule has 0 aliphatic carbocycles. The van der Waals surface area contributed by atoms with E-state index in [-0.39, 0.29) is 0 Å². The Balaban J connectivity index is 1.81. The Hall–Kier alpha value is -2.53. The minimum atomic E-state index is 0.834. The number of benzene rings is 1. The predicted molar refractivity (Wildman–Crippen MR) is 85.1 cm³/mol. The average molecular weight is 295 g/mol. The van der Waals surface area contributed by atoms with Crippen molar-refractivity contribution >= 4 is 23.5 Å². The maximum atomic E-state index is 5.24. The number of ether oxygens (including phenoxy) is 1. The molecule has 0 aliphatic heterocycles. The van der Waals surface area contributed by atoms with Crippen molar-refractivity contribution < 1.29 is 4.74 Å². The molecule has 21 heavy (non-hydrogen) atoms. The molecule has 0 bridgehead atoms. The summed E-state index contributed by atoms with van der Waals surface area (Å²) in [6.07, 6.45) is 7.12. The summed E-state index contributed by atoms with van der Waals surface area (Å²) in [4.78, 5) is 12.6. The van der Waals surface area contributed by atoms with Crippen LogP contribution in [0.25, 0.3) is 22.7 Å². The standard InChI is InChI=1S/C16H13N3OS/c1-20-15-4-2-3-12(9-15)16-19-14(10-21-16)6-5-13-7-8-17-11-18-13/h2-11H,1H3/b6-5+. The number of nitrogens with zero attached hydrogens (tertiary/aromatic N) is 3. The van der Waals surface area contributed by atoms with Crippen molar-refractivity contribution in [3.63, 3.8) is 0 Å². The number of aromatic nitrogens is 3. The fourth-order valence-corrected chi connectivity index (χ4v) is 2.61. The highest BCUT2D eigenvalue weighted by Crippen LogP contribution is 2.27. The lowest BCUT2D eigenvalue weighted by atomic mass is 10.2. The van der Waals surface area contributed by atoms with Gasteiger partial charge in [0.25, 0.3) is 0 Å². The number of hydrogen-bond acceptors (Lipinski definition) is 5. The van der Waals surface area contributed by atoms with E-state index in [0.717, 1.165) is 27.7 Å². The minimum Gasteiger partial charge on any atom is -0.497 e. The molecular formula is C16H13N3OS. The molecule has 2 aromatic heterocycles. The summed E-state index contributed by atoms with van der Waals surface area (Å²) in [5.74, 6) is 0.834. The van der Waals surface area contributed by atoms with Crippen molar-refractivity contribution in [3.05, 3.63) is 59.6 Å². The normalized spacial score (nSPS) is 10.9. The highest BCUT2D eigenvalue weighted by Gasteiger charge is 2.04. The zero-order chi connectivity index (χ0) is 14.5. The van der Waals surface area contributed by atoms with Gasteiger partial charge in [0.05, 0.1) is 18.5 Å². The topological polar surface area (TPSA) is 47.9 Å². The summed E-state index contributed by atoms with van der Waals surface area (Å²) >= 11 is 1.61. The molecule has 0 amide bonds. The van der Waals surface area contributed by atoms with Gasteiger partial charge in [-0.2, -0.15) is 0 Å². The van der Waals surface area contributed by atoms with Gasteiger partial charge in [-0.15, -0.1) is 11.3 Å². The Morgan fingerprint density at radius 3 is 2.86 bits per heavy atom. The van der Waals surface area contributed by atoms with Crippen LogP contribution in [0.2, 0.25) is 0 Å². The van der Waals surface area contributed by atoms with Gasteiger partial charge >= 0.3 is 0 Å². The molecule has 0 radical (unpaired) electrons. The number of thiazole rings is 1. The zero-order valence-corrected chi connectivity index (χ0v) is 12.2. The monoisotopic (exact) mass is 295 g/mol. The average Bonchev–Trinajstić information content (AvgIpc) is 3.03. The molecule has 3 rings (SSSR count). The first-order valence-electron chi connectivity index (χ1n) is 6.39. The highest BCUT2D eigenvalue weighted by atomic mass is 32.1. The van der Waals surface area contributed by atoms with Crippen LogP contribution in [-0.4, -0.2) is 22.1 Å². The molecule has 0 unspecified atom stereocenters. The van der Waals surface area contributed by atoms with E-state index < -0.39 is 0 Å². The molecule has 3 aromatic rings. The predicted octanol–water partition coefficient (Wildman–Crippen LogP) is 3.78. The summed E-state index contributed by atoms with van der Waals surface area (Å²) in [5, 5.41) is 2.99. The van der Waals surface area contributed by atoms with Gasteiger partial charge in [0.2, 0.25) is 0 Å². The van der Waals surface area contributed by atoms with Crippen LogP contribution in [0.3, 0.4) is 0 Å². The van der Waals surface area contributed by atoms with Gasteiger partial charge in [-0.05, 0) is 30.4 Å². The fourth-order valence-electron chi connectivity index (χ4n) is 1.82. The second kappa shape index (κ2) is 6.28. The molecule has 0 saturated heterocycles. The molecule has 0 N–H and O–H groups in total. The molecule has 0 spiro atoms. The van der Waals surface area contributed by atoms with Crippen molar-refractivity contribution in [1.29, 1.82) is 0 Å². The fraction of sp³-hybridized carbons (Fsp3) is 0.0625. The Morgan fingerprint density at radius 2 is 2.05 bits per heavy atom. The second-order valence-corrected chi connectivity index (χ2v) is 5.14. The SMILES string of the molecule is COc1cccc(-c2nc(/C=C/c3ccncn3)cs2)c1. The van der Waals surface area contributed by atoms with Crippen molar-refractivity contribution in [2.75, 3.05) is 7.11 Å². The maximum Gasteiger partial charge on any atom is 0.124 e. The van der Waals surface area contributed by atoms with Gasteiger partial charge in [-0.25, -0.2) is 15.0 Å². The van der Waals surface area contributed by atoms with Crippen LogP contribution >= 0.6 is 11.3 Å². The van der Waals surface area contributed by atoms with Crippen molar-refractivity contribution in [2.24, 2.45) is 0 Å². The molecule has 4 nitrogen and oxygen atoms in total. The first kappa shape index (κ1) is 13.5. The Labute approximate surface area is 126 Å². The van der Waals surface area contributed by atoms with Crippen molar-refractivity contribution in [2.45, 2.75) is 0 Å². The van der Waals surface area contributed by atoms with Crippen LogP contribution in [-0.2, 0) is 0 Å². The summed E-state index contributed by atoms with van der Waals surface area (Å²) in [6.45, 7) is 0. The maximum absolute atomic E-state index is 5.24. The Kier molecular flexibility index (Phi) is 4.02. The molecule has 1 aromatic carbocycles. The van der Waals surface area contributed by atoms with E-state index >= 15 is 0 Å². The Morgan fingerprint density at radius 1 is 1.14 bits per heavy atom. The summed E-state index contributed by atoms with van der Waals surface area (Å²) in [7, 11) is 1.66. The third-order valence-electron chi connectivity index (χ3n) is 2.87. The highest BCUT2D eigenvalue weighted by molar-refractivity contribution is 7.13. The smallest absolute Gasteiger partial charge is 0.124 e. The first-order valence-corrected chi connectivity index (χ1v) is 7.27. The van der Waals surface area contributed by atoms with E-state index in [2.05, 4.69) is 15.0 Å². The third kappa shape index (κ3) is 3.32. The third-order valence-corrected chi connectivity index (χ3v) is 3.78. The van der Waals surface area contributed by atoms with Gasteiger partial charge < -0.3 is 4.74 Å². The molecule has 0 aliphatic rings. The van der Waals surface area contributed by atoms with E-state index in [1.807, 2.05) is 47.9 Å². The number of rotatable bonds is 4. The van der Waals surface area contributed by atoms with Crippen molar-refractivity contribution in [1.82, 2.24) is 15.0 Å². The van der Waals surface area contributed by atoms with Crippen LogP contribution in [0.15, 0.2) is 48.2 Å². The van der Waals surface area contributed by atoms with Gasteiger partial charge in [-0.3, -0.25) is 0 Å². The molecule has 0 fully saturated rings. The first-order chi connectivity index (χ1) is 10.3. The van der Waals surface area contributed by atoms with E-state index in [4.69, 9.17) is 4.74 Å². The van der Waals surface area contributed by atoms with E-state index in [1.54, 1.807) is 24.6 Å². The van der Waals surface area contributed by atoms with E-state index in [9.17, 15) is 0 Å². The zero-order valence-electron chi connectivity index (χ0n) is 11.4. The van der Waals surface area contributed by atoms with Crippen LogP contribution < -0.4 is 4.74 Å². The molecule has 0 saturated carbocycles. The van der Waals surface area contributed by atoms with Gasteiger partial charge in [0, 0.05) is 17.1 Å². The van der Waals surface area contributed by atoms with E-state index in [0.29, 0.717) is 0 Å². The second-order valence-electron chi connectivity index (χ2n) is 4.28. The van der Waals surface area contributed by atoms with Gasteiger partial charge in [0.1, 0.15) is 17.1 Å². The Bertz CT molecular complexity index is 753. The summed E-state index contributed by atoms with van der Waals surface area (Å²) < 4.78 is 5.24. The number of methoxy groups -OCH3 is 1. The van der Waals surface area contributed by atoms with Crippen LogP contribution in [0, 0.1) is 0 Å². The van der Waals surface area contributed by atoms with Crippen LogP contribution in [0.1, 0.15) is 11.4 Å². The molecule has 5 heteroatoms. The van der Waals surface area contributed by atoms with Gasteiger partial charge in [-0.1, -0.05) is 12.1 Å².